The van der Waals surface area contributed by atoms with Crippen molar-refractivity contribution in [2.45, 2.75) is 13.3 Å². The van der Waals surface area contributed by atoms with Crippen LogP contribution in [0.3, 0.4) is 0 Å². The van der Waals surface area contributed by atoms with Gasteiger partial charge >= 0.3 is 0 Å². The molecule has 1 heterocycles. The summed E-state index contributed by atoms with van der Waals surface area (Å²) in [6.07, 6.45) is 0.931. The Bertz CT molecular complexity index is 734. The van der Waals surface area contributed by atoms with Crippen LogP contribution in [0.1, 0.15) is 18.1 Å². The van der Waals surface area contributed by atoms with Gasteiger partial charge in [0.2, 0.25) is 0 Å². The first-order valence-corrected chi connectivity index (χ1v) is 6.58. The summed E-state index contributed by atoms with van der Waals surface area (Å²) in [5, 5.41) is 9.01. The Hall–Kier alpha value is -1.39. The molecule has 0 fully saturated rings. The molecule has 1 aromatic heterocycles. The van der Waals surface area contributed by atoms with Crippen LogP contribution in [0.15, 0.2) is 36.4 Å². The van der Waals surface area contributed by atoms with Gasteiger partial charge in [-0.15, -0.1) is 15.8 Å². The average Bonchev–Trinajstić information content (AvgIpc) is 2.90. The van der Waals surface area contributed by atoms with Gasteiger partial charge in [-0.25, -0.2) is 0 Å². The van der Waals surface area contributed by atoms with Crippen molar-refractivity contribution in [1.29, 1.82) is 0 Å². The van der Waals surface area contributed by atoms with Crippen LogP contribution in [0.4, 0.5) is 0 Å². The van der Waals surface area contributed by atoms with Crippen molar-refractivity contribution in [3.63, 3.8) is 0 Å². The number of ether oxygens (including phenoxy) is 1. The normalized spacial score (nSPS) is 10.4. The fraction of sp³-hybridized carbons (Fsp3) is 0.188. The molecule has 0 aliphatic carbocycles. The topological polar surface area (TPSA) is 39.9 Å². The summed E-state index contributed by atoms with van der Waals surface area (Å²) >= 11 is 0. The summed E-state index contributed by atoms with van der Waals surface area (Å²) in [5.74, 6) is 0.711. The maximum atomic E-state index is 5.46. The predicted octanol–water partition coefficient (Wildman–Crippen LogP) is 3.17. The third-order valence-electron chi connectivity index (χ3n) is 3.32. The van der Waals surface area contributed by atoms with Crippen LogP contribution in [0.2, 0.25) is 0 Å². The van der Waals surface area contributed by atoms with E-state index in [1.54, 1.807) is 11.9 Å². The van der Waals surface area contributed by atoms with E-state index in [-0.39, 0.29) is 32.7 Å². The van der Waals surface area contributed by atoms with Gasteiger partial charge in [0.25, 0.3) is 0 Å². The first kappa shape index (κ1) is 16.0. The maximum Gasteiger partial charge on any atom is 0.113 e. The zero-order valence-corrected chi connectivity index (χ0v) is 15.0. The van der Waals surface area contributed by atoms with E-state index in [1.807, 2.05) is 36.4 Å². The van der Waals surface area contributed by atoms with Crippen LogP contribution in [-0.2, 0) is 39.1 Å². The van der Waals surface area contributed by atoms with Crippen molar-refractivity contribution >= 4 is 11.0 Å². The number of hydrogen-bond acceptors (Lipinski definition) is 3. The third-order valence-corrected chi connectivity index (χ3v) is 3.32. The Balaban J connectivity index is 0.00000161. The molecule has 0 saturated heterocycles. The number of rotatable bonds is 3. The quantitative estimate of drug-likeness (QED) is 0.678. The van der Waals surface area contributed by atoms with Gasteiger partial charge in [0.15, 0.2) is 0 Å². The Morgan fingerprint density at radius 3 is 2.29 bits per heavy atom. The van der Waals surface area contributed by atoms with Gasteiger partial charge in [-0.1, -0.05) is 25.1 Å². The second kappa shape index (κ2) is 6.59. The van der Waals surface area contributed by atoms with Crippen molar-refractivity contribution in [2.75, 3.05) is 7.11 Å². The Labute approximate surface area is 149 Å². The molecule has 0 saturated carbocycles. The van der Waals surface area contributed by atoms with E-state index in [0.717, 1.165) is 28.7 Å². The molecule has 0 unspecified atom stereocenters. The van der Waals surface area contributed by atoms with Gasteiger partial charge in [0, 0.05) is 38.5 Å². The SMILES string of the molecule is [CH2-]c1cc(CC)cc(-n2nc3ccccc3n2)c1OC.[Y]. The summed E-state index contributed by atoms with van der Waals surface area (Å²) in [7, 11) is 1.64. The molecule has 0 N–H and O–H groups in total. The number of benzene rings is 2. The maximum absolute atomic E-state index is 5.46. The number of aryl methyl sites for hydroxylation is 1. The van der Waals surface area contributed by atoms with Gasteiger partial charge in [0.1, 0.15) is 11.0 Å². The van der Waals surface area contributed by atoms with E-state index in [2.05, 4.69) is 24.0 Å². The van der Waals surface area contributed by atoms with E-state index in [0.29, 0.717) is 5.75 Å². The number of fused-ring (bicyclic) bond motifs is 1. The zero-order chi connectivity index (χ0) is 14.1. The fourth-order valence-corrected chi connectivity index (χ4v) is 2.29. The first-order chi connectivity index (χ1) is 9.72. The summed E-state index contributed by atoms with van der Waals surface area (Å²) < 4.78 is 5.46. The van der Waals surface area contributed by atoms with E-state index in [9.17, 15) is 0 Å². The van der Waals surface area contributed by atoms with Crippen LogP contribution in [0.25, 0.3) is 16.7 Å². The zero-order valence-electron chi connectivity index (χ0n) is 12.2. The minimum absolute atomic E-state index is 0. The monoisotopic (exact) mass is 355 g/mol. The Kier molecular flexibility index (Phi) is 5.01. The second-order valence-electron chi connectivity index (χ2n) is 4.64. The minimum atomic E-state index is 0. The van der Waals surface area contributed by atoms with Gasteiger partial charge < -0.3 is 4.74 Å². The van der Waals surface area contributed by atoms with Crippen molar-refractivity contribution < 1.29 is 37.4 Å². The summed E-state index contributed by atoms with van der Waals surface area (Å²) in [6.45, 7) is 6.16. The molecule has 1 radical (unpaired) electrons. The second-order valence-corrected chi connectivity index (χ2v) is 4.64. The van der Waals surface area contributed by atoms with Crippen LogP contribution < -0.4 is 4.74 Å². The Morgan fingerprint density at radius 1 is 1.14 bits per heavy atom. The van der Waals surface area contributed by atoms with E-state index in [4.69, 9.17) is 4.74 Å². The number of nitrogens with zero attached hydrogens (tertiary/aromatic N) is 3. The average molecular weight is 355 g/mol. The molecule has 0 spiro atoms. The predicted molar refractivity (Wildman–Crippen MR) is 79.3 cm³/mol. The van der Waals surface area contributed by atoms with Crippen LogP contribution in [0, 0.1) is 6.92 Å². The van der Waals surface area contributed by atoms with Crippen LogP contribution in [0.5, 0.6) is 5.75 Å². The van der Waals surface area contributed by atoms with Crippen LogP contribution in [-0.4, -0.2) is 22.1 Å². The van der Waals surface area contributed by atoms with Gasteiger partial charge in [-0.3, -0.25) is 0 Å². The fourth-order valence-electron chi connectivity index (χ4n) is 2.29. The van der Waals surface area contributed by atoms with Crippen molar-refractivity contribution in [3.8, 4) is 11.4 Å². The largest absolute Gasteiger partial charge is 0.551 e. The minimum Gasteiger partial charge on any atom is -0.551 e. The number of methoxy groups -OCH3 is 1. The van der Waals surface area contributed by atoms with Crippen molar-refractivity contribution in [2.24, 2.45) is 0 Å². The Morgan fingerprint density at radius 2 is 1.76 bits per heavy atom. The standard InChI is InChI=1S/C16H16N3O.Y/c1-4-12-9-11(2)16(20-3)15(10-12)19-17-13-7-5-6-8-14(13)18-19;/h5-10H,2,4H2,1,3H3;/q-1;. The van der Waals surface area contributed by atoms with E-state index >= 15 is 0 Å². The molecular weight excluding hydrogens is 339 g/mol. The first-order valence-electron chi connectivity index (χ1n) is 6.58. The van der Waals surface area contributed by atoms with E-state index in [1.165, 1.54) is 5.56 Å². The van der Waals surface area contributed by atoms with Gasteiger partial charge in [-0.05, 0) is 18.6 Å². The molecular formula is C16H16N3OY-. The third kappa shape index (κ3) is 2.97. The summed E-state index contributed by atoms with van der Waals surface area (Å²) in [5.41, 5.74) is 4.59. The molecule has 0 bridgehead atoms. The van der Waals surface area contributed by atoms with Crippen molar-refractivity contribution in [3.05, 3.63) is 54.4 Å². The van der Waals surface area contributed by atoms with E-state index < -0.39 is 0 Å². The van der Waals surface area contributed by atoms with Gasteiger partial charge in [0.05, 0.1) is 12.8 Å². The molecule has 0 atom stereocenters. The van der Waals surface area contributed by atoms with Gasteiger partial charge in [-0.2, -0.15) is 23.4 Å². The molecule has 2 aromatic carbocycles. The molecule has 21 heavy (non-hydrogen) atoms. The summed E-state index contributed by atoms with van der Waals surface area (Å²) in [6, 6.07) is 11.9. The molecule has 5 heteroatoms. The van der Waals surface area contributed by atoms with Crippen LogP contribution >= 0.6 is 0 Å². The molecule has 0 aliphatic rings. The molecule has 0 amide bonds. The molecule has 3 rings (SSSR count). The summed E-state index contributed by atoms with van der Waals surface area (Å²) in [4.78, 5) is 1.62. The number of aromatic nitrogens is 3. The smallest absolute Gasteiger partial charge is 0.113 e. The van der Waals surface area contributed by atoms with Crippen molar-refractivity contribution in [1.82, 2.24) is 15.0 Å². The molecule has 105 valence electrons. The molecule has 0 aliphatic heterocycles. The molecule has 4 nitrogen and oxygen atoms in total. The molecule has 3 aromatic rings. The number of hydrogen-bond donors (Lipinski definition) is 0.